The molecule has 0 bridgehead atoms. The summed E-state index contributed by atoms with van der Waals surface area (Å²) in [6.45, 7) is 0. The zero-order valence-corrected chi connectivity index (χ0v) is 19.1. The molecule has 162 valence electrons. The zero-order valence-electron chi connectivity index (χ0n) is 17.5. The van der Waals surface area contributed by atoms with Gasteiger partial charge in [0.2, 0.25) is 5.91 Å². The molecule has 0 spiro atoms. The number of hydrogen-bond donors (Lipinski definition) is 1. The first-order valence-electron chi connectivity index (χ1n) is 10.4. The minimum absolute atomic E-state index is 0.180. The summed E-state index contributed by atoms with van der Waals surface area (Å²) >= 11 is 3.22. The highest BCUT2D eigenvalue weighted by atomic mass is 32.2. The number of thiazole rings is 1. The Labute approximate surface area is 199 Å². The summed E-state index contributed by atoms with van der Waals surface area (Å²) in [4.78, 5) is 17.0. The molecule has 1 aromatic heterocycles. The van der Waals surface area contributed by atoms with Crippen LogP contribution in [0.5, 0.6) is 0 Å². The first kappa shape index (κ1) is 21.4. The van der Waals surface area contributed by atoms with Gasteiger partial charge in [0.1, 0.15) is 5.82 Å². The van der Waals surface area contributed by atoms with Crippen LogP contribution in [0.4, 0.5) is 10.1 Å². The van der Waals surface area contributed by atoms with Crippen LogP contribution in [-0.4, -0.2) is 10.9 Å². The van der Waals surface area contributed by atoms with Crippen molar-refractivity contribution in [3.05, 3.63) is 108 Å². The number of nitrogens with zero attached hydrogens (tertiary/aromatic N) is 1. The van der Waals surface area contributed by atoms with Crippen LogP contribution in [0.25, 0.3) is 27.1 Å². The van der Waals surface area contributed by atoms with Crippen LogP contribution in [0.3, 0.4) is 0 Å². The number of benzene rings is 4. The second kappa shape index (κ2) is 9.57. The highest BCUT2D eigenvalue weighted by Gasteiger charge is 2.10. The van der Waals surface area contributed by atoms with Gasteiger partial charge in [0, 0.05) is 22.9 Å². The Morgan fingerprint density at radius 3 is 2.61 bits per heavy atom. The van der Waals surface area contributed by atoms with E-state index >= 15 is 0 Å². The maximum absolute atomic E-state index is 14.1. The number of thioether (sulfide) groups is 1. The Hall–Kier alpha value is -3.48. The molecule has 0 fully saturated rings. The van der Waals surface area contributed by atoms with Crippen LogP contribution >= 0.6 is 23.1 Å². The third-order valence-corrected chi connectivity index (χ3v) is 7.39. The summed E-state index contributed by atoms with van der Waals surface area (Å²) < 4.78 is 16.0. The Balaban J connectivity index is 1.28. The molecule has 0 saturated carbocycles. The van der Waals surface area contributed by atoms with Gasteiger partial charge in [-0.15, -0.1) is 11.3 Å². The second-order valence-electron chi connectivity index (χ2n) is 7.44. The first-order chi connectivity index (χ1) is 16.2. The summed E-state index contributed by atoms with van der Waals surface area (Å²) in [6.07, 6.45) is 3.31. The van der Waals surface area contributed by atoms with E-state index in [2.05, 4.69) is 5.32 Å². The third-order valence-electron chi connectivity index (χ3n) is 5.18. The number of nitrogens with one attached hydrogen (secondary N) is 1. The maximum Gasteiger partial charge on any atom is 0.248 e. The van der Waals surface area contributed by atoms with Crippen molar-refractivity contribution in [2.75, 3.05) is 5.32 Å². The molecule has 0 aliphatic heterocycles. The van der Waals surface area contributed by atoms with Gasteiger partial charge in [-0.2, -0.15) is 0 Å². The fraction of sp³-hybridized carbons (Fsp3) is 0.0370. The largest absolute Gasteiger partial charge is 0.322 e. The van der Waals surface area contributed by atoms with E-state index in [0.717, 1.165) is 36.8 Å². The predicted octanol–water partition coefficient (Wildman–Crippen LogP) is 7.53. The molecule has 1 amide bonds. The average molecular weight is 471 g/mol. The molecular weight excluding hydrogens is 451 g/mol. The van der Waals surface area contributed by atoms with Crippen LogP contribution in [0.2, 0.25) is 0 Å². The van der Waals surface area contributed by atoms with E-state index in [0.29, 0.717) is 11.1 Å². The number of fused-ring (bicyclic) bond motifs is 2. The lowest BCUT2D eigenvalue weighted by Gasteiger charge is -2.06. The van der Waals surface area contributed by atoms with E-state index in [1.807, 2.05) is 72.8 Å². The van der Waals surface area contributed by atoms with E-state index in [1.54, 1.807) is 35.2 Å². The molecule has 0 aliphatic carbocycles. The standard InChI is InChI=1S/C27H19FN2OS2/c28-23-13-11-19(21-8-4-5-9-22(21)23)17-32-27-30-24-14-12-20(16-25(24)33-27)29-26(31)15-10-18-6-2-1-3-7-18/h1-16H,17H2,(H,29,31). The van der Waals surface area contributed by atoms with Gasteiger partial charge in [-0.3, -0.25) is 4.79 Å². The van der Waals surface area contributed by atoms with Crippen LogP contribution in [-0.2, 0) is 10.5 Å². The Morgan fingerprint density at radius 2 is 1.76 bits per heavy atom. The number of halogens is 1. The van der Waals surface area contributed by atoms with E-state index in [4.69, 9.17) is 4.98 Å². The first-order valence-corrected chi connectivity index (χ1v) is 12.2. The van der Waals surface area contributed by atoms with Gasteiger partial charge in [0.15, 0.2) is 4.34 Å². The minimum Gasteiger partial charge on any atom is -0.322 e. The van der Waals surface area contributed by atoms with Gasteiger partial charge in [0.05, 0.1) is 10.2 Å². The van der Waals surface area contributed by atoms with Crippen molar-refractivity contribution in [2.24, 2.45) is 0 Å². The normalized spacial score (nSPS) is 11.4. The lowest BCUT2D eigenvalue weighted by Crippen LogP contribution is -2.07. The molecule has 0 saturated heterocycles. The number of anilines is 1. The molecule has 33 heavy (non-hydrogen) atoms. The van der Waals surface area contributed by atoms with Gasteiger partial charge < -0.3 is 5.32 Å². The van der Waals surface area contributed by atoms with Gasteiger partial charge in [-0.05, 0) is 46.9 Å². The smallest absolute Gasteiger partial charge is 0.248 e. The van der Waals surface area contributed by atoms with E-state index in [9.17, 15) is 9.18 Å². The van der Waals surface area contributed by atoms with Crippen molar-refractivity contribution in [3.63, 3.8) is 0 Å². The van der Waals surface area contributed by atoms with E-state index in [-0.39, 0.29) is 11.7 Å². The topological polar surface area (TPSA) is 42.0 Å². The number of aromatic nitrogens is 1. The van der Waals surface area contributed by atoms with E-state index in [1.165, 1.54) is 12.1 Å². The third kappa shape index (κ3) is 4.97. The number of amides is 1. The number of carbonyl (C=O) groups is 1. The fourth-order valence-corrected chi connectivity index (χ4v) is 5.66. The molecule has 4 aromatic carbocycles. The molecule has 1 heterocycles. The van der Waals surface area contributed by atoms with E-state index < -0.39 is 0 Å². The fourth-order valence-electron chi connectivity index (χ4n) is 3.55. The van der Waals surface area contributed by atoms with Gasteiger partial charge in [0.25, 0.3) is 0 Å². The summed E-state index contributed by atoms with van der Waals surface area (Å²) in [5.74, 6) is 0.321. The maximum atomic E-state index is 14.1. The highest BCUT2D eigenvalue weighted by Crippen LogP contribution is 2.34. The van der Waals surface area contributed by atoms with Crippen LogP contribution in [0.1, 0.15) is 11.1 Å². The quantitative estimate of drug-likeness (QED) is 0.206. The number of hydrogen-bond acceptors (Lipinski definition) is 4. The van der Waals surface area contributed by atoms with Crippen molar-refractivity contribution in [1.29, 1.82) is 0 Å². The molecular formula is C27H19FN2OS2. The summed E-state index contributed by atoms with van der Waals surface area (Å²) in [7, 11) is 0. The molecule has 5 rings (SSSR count). The summed E-state index contributed by atoms with van der Waals surface area (Å²) in [5, 5.41) is 4.48. The lowest BCUT2D eigenvalue weighted by atomic mass is 10.1. The van der Waals surface area contributed by atoms with Crippen molar-refractivity contribution < 1.29 is 9.18 Å². The van der Waals surface area contributed by atoms with Crippen molar-refractivity contribution in [2.45, 2.75) is 10.1 Å². The molecule has 0 aliphatic rings. The van der Waals surface area contributed by atoms with Gasteiger partial charge in [-0.25, -0.2) is 9.37 Å². The van der Waals surface area contributed by atoms with Gasteiger partial charge in [-0.1, -0.05) is 72.4 Å². The molecule has 5 aromatic rings. The molecule has 6 heteroatoms. The predicted molar refractivity (Wildman–Crippen MR) is 137 cm³/mol. The van der Waals surface area contributed by atoms with Gasteiger partial charge >= 0.3 is 0 Å². The number of rotatable bonds is 6. The molecule has 0 atom stereocenters. The van der Waals surface area contributed by atoms with Crippen LogP contribution in [0, 0.1) is 5.82 Å². The van der Waals surface area contributed by atoms with Crippen molar-refractivity contribution in [1.82, 2.24) is 4.98 Å². The zero-order chi connectivity index (χ0) is 22.6. The second-order valence-corrected chi connectivity index (χ2v) is 9.69. The Bertz CT molecular complexity index is 1480. The average Bonchev–Trinajstić information content (AvgIpc) is 3.25. The summed E-state index contributed by atoms with van der Waals surface area (Å²) in [6, 6.07) is 26.3. The Kier molecular flexibility index (Phi) is 6.19. The highest BCUT2D eigenvalue weighted by molar-refractivity contribution is 8.00. The molecule has 0 radical (unpaired) electrons. The van der Waals surface area contributed by atoms with Crippen LogP contribution < -0.4 is 5.32 Å². The van der Waals surface area contributed by atoms with Crippen molar-refractivity contribution >= 4 is 61.8 Å². The monoisotopic (exact) mass is 470 g/mol. The SMILES string of the molecule is O=C(C=Cc1ccccc1)Nc1ccc2nc(SCc3ccc(F)c4ccccc34)sc2c1. The summed E-state index contributed by atoms with van der Waals surface area (Å²) in [5.41, 5.74) is 3.68. The molecule has 0 unspecified atom stereocenters. The van der Waals surface area contributed by atoms with Crippen LogP contribution in [0.15, 0.2) is 95.3 Å². The van der Waals surface area contributed by atoms with Crippen molar-refractivity contribution in [3.8, 4) is 0 Å². The Morgan fingerprint density at radius 1 is 0.970 bits per heavy atom. The molecule has 3 nitrogen and oxygen atoms in total. The number of carbonyl (C=O) groups excluding carboxylic acids is 1. The molecule has 1 N–H and O–H groups in total. The minimum atomic E-state index is -0.201. The lowest BCUT2D eigenvalue weighted by molar-refractivity contribution is -0.111.